The van der Waals surface area contributed by atoms with Gasteiger partial charge in [-0.25, -0.2) is 22.6 Å². The molecule has 1 amide bonds. The van der Waals surface area contributed by atoms with E-state index in [1.54, 1.807) is 6.92 Å². The first kappa shape index (κ1) is 23.4. The predicted molar refractivity (Wildman–Crippen MR) is 108 cm³/mol. The van der Waals surface area contributed by atoms with E-state index in [1.165, 1.54) is 24.3 Å². The van der Waals surface area contributed by atoms with Crippen LogP contribution in [0.2, 0.25) is 0 Å². The molecule has 0 radical (unpaired) electrons. The molecule has 0 aliphatic rings. The maximum atomic E-state index is 13.4. The summed E-state index contributed by atoms with van der Waals surface area (Å²) in [5.41, 5.74) is -0.775. The number of aryl methyl sites for hydroxylation is 1. The minimum Gasteiger partial charge on any atom is -0.326 e. The van der Waals surface area contributed by atoms with Crippen LogP contribution in [0.4, 0.5) is 23.2 Å². The molecule has 0 atom stereocenters. The van der Waals surface area contributed by atoms with Gasteiger partial charge in [0.15, 0.2) is 5.82 Å². The number of nitrogens with one attached hydrogen (secondary N) is 1. The van der Waals surface area contributed by atoms with E-state index >= 15 is 0 Å². The van der Waals surface area contributed by atoms with Crippen LogP contribution in [0, 0.1) is 5.82 Å². The first-order chi connectivity index (χ1) is 14.9. The van der Waals surface area contributed by atoms with Crippen molar-refractivity contribution < 1.29 is 30.8 Å². The number of sulfonamides is 1. The van der Waals surface area contributed by atoms with Gasteiger partial charge in [0.05, 0.1) is 30.1 Å². The molecule has 0 unspecified atom stereocenters. The van der Waals surface area contributed by atoms with Crippen LogP contribution in [-0.2, 0) is 33.8 Å². The summed E-state index contributed by atoms with van der Waals surface area (Å²) >= 11 is 0. The van der Waals surface area contributed by atoms with Gasteiger partial charge >= 0.3 is 6.18 Å². The van der Waals surface area contributed by atoms with Crippen molar-refractivity contribution in [2.75, 3.05) is 5.32 Å². The molecule has 3 aromatic rings. The molecule has 0 spiro atoms. The van der Waals surface area contributed by atoms with Gasteiger partial charge in [-0.3, -0.25) is 4.79 Å². The third-order valence-electron chi connectivity index (χ3n) is 4.64. The van der Waals surface area contributed by atoms with Gasteiger partial charge in [-0.05, 0) is 41.8 Å². The summed E-state index contributed by atoms with van der Waals surface area (Å²) in [5.74, 6) is -1.49. The van der Waals surface area contributed by atoms with Gasteiger partial charge in [-0.2, -0.15) is 18.3 Å². The summed E-state index contributed by atoms with van der Waals surface area (Å²) < 4.78 is 78.4. The lowest BCUT2D eigenvalue weighted by molar-refractivity contribution is -0.138. The summed E-state index contributed by atoms with van der Waals surface area (Å²) in [6.07, 6.45) is -3.12. The van der Waals surface area contributed by atoms with Crippen molar-refractivity contribution in [3.8, 4) is 5.69 Å². The topological polar surface area (TPSA) is 107 Å². The highest BCUT2D eigenvalue weighted by Gasteiger charge is 2.34. The second-order valence-corrected chi connectivity index (χ2v) is 8.38. The standard InChI is InChI=1S/C20H18F4N4O3S/c1-2-12-4-3-5-16(20(22,23)24)15(12)9-19(29)27-14-6-7-17(18(8-14)32(25,30)31)28-11-13(21)10-26-28/h3-8,10-11H,2,9H2,1H3,(H,27,29)(H2,25,30,31). The van der Waals surface area contributed by atoms with E-state index in [4.69, 9.17) is 5.14 Å². The Bertz CT molecular complexity index is 1270. The van der Waals surface area contributed by atoms with Crippen molar-refractivity contribution in [2.24, 2.45) is 5.14 Å². The molecule has 7 nitrogen and oxygen atoms in total. The van der Waals surface area contributed by atoms with E-state index < -0.39 is 44.8 Å². The number of hydrogen-bond donors (Lipinski definition) is 2. The van der Waals surface area contributed by atoms with Crippen LogP contribution < -0.4 is 10.5 Å². The average Bonchev–Trinajstić information content (AvgIpc) is 3.12. The SMILES string of the molecule is CCc1cccc(C(F)(F)F)c1CC(=O)Nc1ccc(-n2cc(F)cn2)c(S(N)(=O)=O)c1. The van der Waals surface area contributed by atoms with Gasteiger partial charge in [-0.15, -0.1) is 0 Å². The Labute approximate surface area is 180 Å². The third kappa shape index (κ3) is 5.14. The Balaban J connectivity index is 1.93. The van der Waals surface area contributed by atoms with Crippen LogP contribution in [0.5, 0.6) is 0 Å². The molecule has 3 rings (SSSR count). The molecule has 12 heteroatoms. The van der Waals surface area contributed by atoms with Gasteiger partial charge in [0, 0.05) is 5.69 Å². The summed E-state index contributed by atoms with van der Waals surface area (Å²) in [4.78, 5) is 12.1. The number of halogens is 4. The Morgan fingerprint density at radius 2 is 1.94 bits per heavy atom. The summed E-state index contributed by atoms with van der Waals surface area (Å²) in [7, 11) is -4.31. The monoisotopic (exact) mass is 470 g/mol. The van der Waals surface area contributed by atoms with E-state index in [9.17, 15) is 30.8 Å². The molecule has 0 aliphatic carbocycles. The van der Waals surface area contributed by atoms with E-state index in [0.29, 0.717) is 5.56 Å². The molecular formula is C20H18F4N4O3S. The van der Waals surface area contributed by atoms with Gasteiger partial charge in [0.2, 0.25) is 15.9 Å². The van der Waals surface area contributed by atoms with Crippen LogP contribution in [0.25, 0.3) is 5.69 Å². The maximum absolute atomic E-state index is 13.4. The number of aromatic nitrogens is 2. The summed E-state index contributed by atoms with van der Waals surface area (Å²) in [5, 5.41) is 11.3. The first-order valence-corrected chi connectivity index (χ1v) is 10.8. The molecule has 0 saturated heterocycles. The molecule has 32 heavy (non-hydrogen) atoms. The van der Waals surface area contributed by atoms with Gasteiger partial charge < -0.3 is 5.32 Å². The number of alkyl halides is 3. The number of carbonyl (C=O) groups excluding carboxylic acids is 1. The molecule has 1 heterocycles. The normalized spacial score (nSPS) is 12.1. The van der Waals surface area contributed by atoms with E-state index in [2.05, 4.69) is 10.4 Å². The van der Waals surface area contributed by atoms with Crippen LogP contribution in [0.15, 0.2) is 53.7 Å². The number of carbonyl (C=O) groups is 1. The summed E-state index contributed by atoms with van der Waals surface area (Å²) in [6, 6.07) is 7.26. The number of primary sulfonamides is 1. The van der Waals surface area contributed by atoms with Gasteiger partial charge in [0.25, 0.3) is 0 Å². The molecule has 0 bridgehead atoms. The molecule has 0 aliphatic heterocycles. The fourth-order valence-corrected chi connectivity index (χ4v) is 3.99. The minimum absolute atomic E-state index is 0.0158. The number of hydrogen-bond acceptors (Lipinski definition) is 4. The summed E-state index contributed by atoms with van der Waals surface area (Å²) in [6.45, 7) is 1.67. The highest BCUT2D eigenvalue weighted by atomic mass is 32.2. The number of benzene rings is 2. The van der Waals surface area contributed by atoms with Crippen molar-refractivity contribution in [3.63, 3.8) is 0 Å². The highest BCUT2D eigenvalue weighted by Crippen LogP contribution is 2.34. The molecule has 3 N–H and O–H groups in total. The lowest BCUT2D eigenvalue weighted by Crippen LogP contribution is -2.20. The Kier molecular flexibility index (Phi) is 6.37. The minimum atomic E-state index is -4.64. The number of nitrogens with two attached hydrogens (primary N) is 1. The highest BCUT2D eigenvalue weighted by molar-refractivity contribution is 7.89. The molecule has 0 saturated carbocycles. The third-order valence-corrected chi connectivity index (χ3v) is 5.58. The number of nitrogens with zero attached hydrogens (tertiary/aromatic N) is 2. The van der Waals surface area contributed by atoms with Crippen molar-refractivity contribution in [3.05, 3.63) is 71.3 Å². The second-order valence-electron chi connectivity index (χ2n) is 6.85. The Morgan fingerprint density at radius 1 is 1.22 bits per heavy atom. The first-order valence-electron chi connectivity index (χ1n) is 9.25. The fraction of sp³-hybridized carbons (Fsp3) is 0.200. The van der Waals surface area contributed by atoms with Crippen molar-refractivity contribution in [2.45, 2.75) is 30.8 Å². The Hall–Kier alpha value is -3.25. The predicted octanol–water partition coefficient (Wildman–Crippen LogP) is 3.42. The zero-order valence-electron chi connectivity index (χ0n) is 16.6. The van der Waals surface area contributed by atoms with E-state index in [1.807, 2.05) is 0 Å². The number of amides is 1. The van der Waals surface area contributed by atoms with Crippen LogP contribution in [-0.4, -0.2) is 24.1 Å². The molecule has 2 aromatic carbocycles. The zero-order chi connectivity index (χ0) is 23.7. The smallest absolute Gasteiger partial charge is 0.326 e. The van der Waals surface area contributed by atoms with Crippen LogP contribution in [0.1, 0.15) is 23.6 Å². The zero-order valence-corrected chi connectivity index (χ0v) is 17.5. The van der Waals surface area contributed by atoms with Crippen molar-refractivity contribution in [1.29, 1.82) is 0 Å². The van der Waals surface area contributed by atoms with Gasteiger partial charge in [0.1, 0.15) is 4.90 Å². The molecular weight excluding hydrogens is 452 g/mol. The van der Waals surface area contributed by atoms with Crippen molar-refractivity contribution in [1.82, 2.24) is 9.78 Å². The Morgan fingerprint density at radius 3 is 2.50 bits per heavy atom. The number of rotatable bonds is 6. The lowest BCUT2D eigenvalue weighted by atomic mass is 9.96. The van der Waals surface area contributed by atoms with E-state index in [-0.39, 0.29) is 23.4 Å². The lowest BCUT2D eigenvalue weighted by Gasteiger charge is -2.16. The van der Waals surface area contributed by atoms with E-state index in [0.717, 1.165) is 29.2 Å². The fourth-order valence-electron chi connectivity index (χ4n) is 3.25. The van der Waals surface area contributed by atoms with Crippen molar-refractivity contribution >= 4 is 21.6 Å². The largest absolute Gasteiger partial charge is 0.416 e. The quantitative estimate of drug-likeness (QED) is 0.539. The van der Waals surface area contributed by atoms with Crippen LogP contribution >= 0.6 is 0 Å². The average molecular weight is 470 g/mol. The molecule has 170 valence electrons. The molecule has 0 fully saturated rings. The van der Waals surface area contributed by atoms with Crippen LogP contribution in [0.3, 0.4) is 0 Å². The second kappa shape index (κ2) is 8.71. The number of anilines is 1. The molecule has 1 aromatic heterocycles. The maximum Gasteiger partial charge on any atom is 0.416 e. The van der Waals surface area contributed by atoms with Gasteiger partial charge in [-0.1, -0.05) is 19.1 Å².